The van der Waals surface area contributed by atoms with Crippen LogP contribution in [0.2, 0.25) is 0 Å². The minimum absolute atomic E-state index is 1.03. The summed E-state index contributed by atoms with van der Waals surface area (Å²) < 4.78 is 0. The second-order valence-corrected chi connectivity index (χ2v) is 12.4. The molecule has 0 fully saturated rings. The molecule has 4 heteroatoms. The highest BCUT2D eigenvalue weighted by atomic mass is 15.2. The minimum atomic E-state index is 1.03. The Balaban J connectivity index is 1.17. The fourth-order valence-corrected chi connectivity index (χ4v) is 6.53. The topological polar surface area (TPSA) is 21.8 Å². The Kier molecular flexibility index (Phi) is 9.43. The Bertz CT molecular complexity index is 2070. The van der Waals surface area contributed by atoms with Crippen molar-refractivity contribution >= 4 is 62.6 Å². The molecule has 0 atom stereocenters. The van der Waals surface area contributed by atoms with Gasteiger partial charge in [0.2, 0.25) is 0 Å². The van der Waals surface area contributed by atoms with Crippen molar-refractivity contribution in [2.45, 2.75) is 0 Å². The number of nitrogens with one attached hydrogen (secondary N) is 1. The first-order valence-corrected chi connectivity index (χ1v) is 17.5. The van der Waals surface area contributed by atoms with Crippen molar-refractivity contribution in [2.24, 2.45) is 0 Å². The van der Waals surface area contributed by atoms with E-state index in [1.54, 1.807) is 0 Å². The lowest BCUT2D eigenvalue weighted by Gasteiger charge is -2.29. The first-order valence-electron chi connectivity index (χ1n) is 17.5. The van der Waals surface area contributed by atoms with Crippen molar-refractivity contribution < 1.29 is 0 Å². The second-order valence-electron chi connectivity index (χ2n) is 12.4. The van der Waals surface area contributed by atoms with Gasteiger partial charge in [-0.3, -0.25) is 0 Å². The van der Waals surface area contributed by atoms with E-state index >= 15 is 0 Å². The van der Waals surface area contributed by atoms with Crippen LogP contribution in [-0.2, 0) is 0 Å². The van der Waals surface area contributed by atoms with Gasteiger partial charge >= 0.3 is 0 Å². The van der Waals surface area contributed by atoms with Crippen LogP contribution >= 0.6 is 0 Å². The Morgan fingerprint density at radius 2 is 0.385 bits per heavy atom. The highest BCUT2D eigenvalue weighted by Gasteiger charge is 2.18. The fourth-order valence-electron chi connectivity index (χ4n) is 6.53. The van der Waals surface area contributed by atoms with E-state index in [0.29, 0.717) is 0 Å². The van der Waals surface area contributed by atoms with Crippen LogP contribution in [0, 0.1) is 0 Å². The van der Waals surface area contributed by atoms with Crippen molar-refractivity contribution in [3.63, 3.8) is 0 Å². The normalized spacial score (nSPS) is 10.7. The van der Waals surface area contributed by atoms with Gasteiger partial charge in [-0.1, -0.05) is 91.0 Å². The highest BCUT2D eigenvalue weighted by molar-refractivity contribution is 5.83. The molecule has 0 aliphatic rings. The van der Waals surface area contributed by atoms with Crippen LogP contribution in [0.15, 0.2) is 224 Å². The molecule has 0 heterocycles. The van der Waals surface area contributed by atoms with Crippen LogP contribution in [-0.4, -0.2) is 0 Å². The standard InChI is InChI=1S/C48H38N4/c1-6-16-38(17-7-1)49-39-26-28-44(29-27-39)52(47-34-30-45(31-35-47)50(40-18-8-2-9-19-40)41-20-10-3-11-21-41)48-36-32-46(33-37-48)51(42-22-12-4-13-23-42)43-24-14-5-15-25-43/h1-37,49H. The minimum Gasteiger partial charge on any atom is -0.356 e. The number of para-hydroxylation sites is 5. The summed E-state index contributed by atoms with van der Waals surface area (Å²) in [7, 11) is 0. The van der Waals surface area contributed by atoms with Crippen LogP contribution in [0.1, 0.15) is 0 Å². The SMILES string of the molecule is c1ccc(Nc2ccc(N(c3ccc(N(c4ccccc4)c4ccccc4)cc3)c3ccc(N(c4ccccc4)c4ccccc4)cc3)cc2)cc1. The van der Waals surface area contributed by atoms with Gasteiger partial charge in [0.1, 0.15) is 0 Å². The van der Waals surface area contributed by atoms with Crippen molar-refractivity contribution in [3.05, 3.63) is 224 Å². The molecule has 8 aromatic rings. The van der Waals surface area contributed by atoms with Crippen molar-refractivity contribution in [3.8, 4) is 0 Å². The predicted octanol–water partition coefficient (Wildman–Crippen LogP) is 13.8. The van der Waals surface area contributed by atoms with Crippen LogP contribution in [0.25, 0.3) is 0 Å². The van der Waals surface area contributed by atoms with Gasteiger partial charge < -0.3 is 20.0 Å². The maximum Gasteiger partial charge on any atom is 0.0463 e. The number of hydrogen-bond donors (Lipinski definition) is 1. The molecule has 0 aromatic heterocycles. The Morgan fingerprint density at radius 1 is 0.192 bits per heavy atom. The summed E-state index contributed by atoms with van der Waals surface area (Å²) in [6, 6.07) is 78.6. The lowest BCUT2D eigenvalue weighted by atomic mass is 10.1. The van der Waals surface area contributed by atoms with Gasteiger partial charge in [0.25, 0.3) is 0 Å². The molecule has 52 heavy (non-hydrogen) atoms. The molecular weight excluding hydrogens is 633 g/mol. The van der Waals surface area contributed by atoms with Crippen molar-refractivity contribution in [1.29, 1.82) is 0 Å². The van der Waals surface area contributed by atoms with E-state index in [2.05, 4.69) is 226 Å². The first kappa shape index (κ1) is 32.2. The third-order valence-corrected chi connectivity index (χ3v) is 8.98. The summed E-state index contributed by atoms with van der Waals surface area (Å²) in [5, 5.41) is 3.52. The lowest BCUT2D eigenvalue weighted by molar-refractivity contribution is 1.24. The molecular formula is C48H38N4. The van der Waals surface area contributed by atoms with Crippen LogP contribution in [0.5, 0.6) is 0 Å². The second kappa shape index (κ2) is 15.2. The smallest absolute Gasteiger partial charge is 0.0463 e. The highest BCUT2D eigenvalue weighted by Crippen LogP contribution is 2.41. The quantitative estimate of drug-likeness (QED) is 0.148. The van der Waals surface area contributed by atoms with Gasteiger partial charge in [0.05, 0.1) is 0 Å². The van der Waals surface area contributed by atoms with Crippen LogP contribution < -0.4 is 20.0 Å². The summed E-state index contributed by atoms with van der Waals surface area (Å²) in [4.78, 5) is 6.88. The third kappa shape index (κ3) is 7.14. The Hall–Kier alpha value is -7.04. The maximum absolute atomic E-state index is 3.52. The molecule has 250 valence electrons. The van der Waals surface area contributed by atoms with E-state index < -0.39 is 0 Å². The van der Waals surface area contributed by atoms with E-state index in [-0.39, 0.29) is 0 Å². The fraction of sp³-hybridized carbons (Fsp3) is 0. The van der Waals surface area contributed by atoms with Gasteiger partial charge in [0.15, 0.2) is 0 Å². The monoisotopic (exact) mass is 670 g/mol. The van der Waals surface area contributed by atoms with Crippen LogP contribution in [0.3, 0.4) is 0 Å². The van der Waals surface area contributed by atoms with Gasteiger partial charge in [-0.2, -0.15) is 0 Å². The maximum atomic E-state index is 3.52. The molecule has 8 rings (SSSR count). The predicted molar refractivity (Wildman–Crippen MR) is 220 cm³/mol. The average Bonchev–Trinajstić information content (AvgIpc) is 3.22. The number of rotatable bonds is 11. The van der Waals surface area contributed by atoms with Crippen molar-refractivity contribution in [1.82, 2.24) is 0 Å². The Morgan fingerprint density at radius 3 is 0.654 bits per heavy atom. The molecule has 0 spiro atoms. The summed E-state index contributed by atoms with van der Waals surface area (Å²) in [6.45, 7) is 0. The lowest BCUT2D eigenvalue weighted by Crippen LogP contribution is -2.13. The van der Waals surface area contributed by atoms with Gasteiger partial charge in [-0.25, -0.2) is 0 Å². The first-order chi connectivity index (χ1) is 25.8. The Labute approximate surface area is 306 Å². The average molecular weight is 671 g/mol. The molecule has 8 aromatic carbocycles. The van der Waals surface area contributed by atoms with E-state index in [1.807, 2.05) is 18.2 Å². The van der Waals surface area contributed by atoms with E-state index in [0.717, 1.165) is 62.6 Å². The molecule has 0 saturated heterocycles. The van der Waals surface area contributed by atoms with Gasteiger partial charge in [-0.15, -0.1) is 0 Å². The largest absolute Gasteiger partial charge is 0.356 e. The molecule has 0 aliphatic heterocycles. The molecule has 0 bridgehead atoms. The third-order valence-electron chi connectivity index (χ3n) is 8.98. The van der Waals surface area contributed by atoms with Gasteiger partial charge in [0, 0.05) is 62.6 Å². The van der Waals surface area contributed by atoms with E-state index in [4.69, 9.17) is 0 Å². The molecule has 0 aliphatic carbocycles. The molecule has 4 nitrogen and oxygen atoms in total. The van der Waals surface area contributed by atoms with E-state index in [9.17, 15) is 0 Å². The number of hydrogen-bond acceptors (Lipinski definition) is 4. The van der Waals surface area contributed by atoms with Crippen molar-refractivity contribution in [2.75, 3.05) is 20.0 Å². The summed E-state index contributed by atoms with van der Waals surface area (Å²) in [5.74, 6) is 0. The summed E-state index contributed by atoms with van der Waals surface area (Å²) >= 11 is 0. The zero-order valence-corrected chi connectivity index (χ0v) is 28.7. The molecule has 0 amide bonds. The van der Waals surface area contributed by atoms with E-state index in [1.165, 1.54) is 0 Å². The summed E-state index contributed by atoms with van der Waals surface area (Å²) in [5.41, 5.74) is 11.9. The molecule has 1 N–H and O–H groups in total. The molecule has 0 saturated carbocycles. The van der Waals surface area contributed by atoms with Gasteiger partial charge in [-0.05, 0) is 133 Å². The zero-order valence-electron chi connectivity index (χ0n) is 28.7. The molecule has 0 unspecified atom stereocenters. The number of benzene rings is 8. The number of anilines is 11. The van der Waals surface area contributed by atoms with Crippen LogP contribution in [0.4, 0.5) is 62.6 Å². The number of nitrogens with zero attached hydrogens (tertiary/aromatic N) is 3. The zero-order chi connectivity index (χ0) is 35.0. The molecule has 0 radical (unpaired) electrons. The summed E-state index contributed by atoms with van der Waals surface area (Å²) in [6.07, 6.45) is 0.